The van der Waals surface area contributed by atoms with E-state index in [2.05, 4.69) is 156 Å². The molecule has 0 atom stereocenters. The van der Waals surface area contributed by atoms with Crippen LogP contribution in [0.2, 0.25) is 0 Å². The molecular formula is C44H29N3Si. The van der Waals surface area contributed by atoms with Gasteiger partial charge in [-0.3, -0.25) is 0 Å². The molecule has 3 nitrogen and oxygen atoms in total. The molecule has 8 aromatic rings. The van der Waals surface area contributed by atoms with Crippen LogP contribution in [0.25, 0.3) is 38.6 Å². The van der Waals surface area contributed by atoms with Gasteiger partial charge in [0.05, 0.1) is 34.3 Å². The van der Waals surface area contributed by atoms with Gasteiger partial charge in [-0.1, -0.05) is 140 Å². The van der Waals surface area contributed by atoms with Crippen LogP contribution >= 0.6 is 0 Å². The minimum absolute atomic E-state index is 0.608. The van der Waals surface area contributed by atoms with Crippen LogP contribution in [0.5, 0.6) is 0 Å². The summed E-state index contributed by atoms with van der Waals surface area (Å²) in [6.45, 7) is 0. The zero-order valence-electron chi connectivity index (χ0n) is 26.1. The number of fused-ring (bicyclic) bond motifs is 3. The summed E-state index contributed by atoms with van der Waals surface area (Å²) in [4.78, 5) is 0. The Bertz CT molecular complexity index is 2430. The Hall–Kier alpha value is -6.46. The molecule has 8 rings (SSSR count). The highest BCUT2D eigenvalue weighted by atomic mass is 28.3. The van der Waals surface area contributed by atoms with Crippen molar-refractivity contribution in [2.24, 2.45) is 0 Å². The Morgan fingerprint density at radius 1 is 0.438 bits per heavy atom. The van der Waals surface area contributed by atoms with Crippen molar-refractivity contribution in [2.45, 2.75) is 0 Å². The van der Waals surface area contributed by atoms with Gasteiger partial charge in [0.1, 0.15) is 0 Å². The number of hydrogen-bond donors (Lipinski definition) is 0. The van der Waals surface area contributed by atoms with Crippen molar-refractivity contribution in [1.82, 2.24) is 4.57 Å². The fraction of sp³-hybridized carbons (Fsp3) is 0. The average molecular weight is 628 g/mol. The van der Waals surface area contributed by atoms with Crippen LogP contribution in [0.3, 0.4) is 0 Å². The first-order chi connectivity index (χ1) is 23.7. The molecule has 0 N–H and O–H groups in total. The maximum Gasteiger partial charge on any atom is 0.180 e. The van der Waals surface area contributed by atoms with E-state index in [1.807, 2.05) is 36.4 Å². The predicted molar refractivity (Wildman–Crippen MR) is 199 cm³/mol. The van der Waals surface area contributed by atoms with Gasteiger partial charge in [-0.15, -0.1) is 0 Å². The SMILES string of the molecule is N#Cc1ccc2c(c1)c1ccccc1n2-c1ccc(-c2ccccc2[Si](c2ccccc2)(c2ccccc2)c2ccccc2)c(C#N)c1. The monoisotopic (exact) mass is 627 g/mol. The molecule has 7 aromatic carbocycles. The van der Waals surface area contributed by atoms with E-state index in [-0.39, 0.29) is 0 Å². The Morgan fingerprint density at radius 2 is 1.00 bits per heavy atom. The van der Waals surface area contributed by atoms with Gasteiger partial charge in [0.15, 0.2) is 8.07 Å². The summed E-state index contributed by atoms with van der Waals surface area (Å²) in [6.07, 6.45) is 0. The molecule has 0 fully saturated rings. The van der Waals surface area contributed by atoms with Crippen molar-refractivity contribution in [3.63, 3.8) is 0 Å². The lowest BCUT2D eigenvalue weighted by Gasteiger charge is -2.36. The first-order valence-corrected chi connectivity index (χ1v) is 18.0. The molecule has 0 saturated carbocycles. The van der Waals surface area contributed by atoms with Crippen LogP contribution in [0.4, 0.5) is 0 Å². The third-order valence-corrected chi connectivity index (χ3v) is 14.3. The van der Waals surface area contributed by atoms with E-state index in [1.54, 1.807) is 0 Å². The van der Waals surface area contributed by atoms with Crippen molar-refractivity contribution in [3.05, 3.63) is 187 Å². The molecule has 1 aromatic heterocycles. The quantitative estimate of drug-likeness (QED) is 0.141. The maximum atomic E-state index is 10.8. The standard InChI is InChI=1S/C44H29N3Si/c45-30-32-24-27-43-41(28-32)39-20-10-12-22-42(39)47(43)34-25-26-38(33(29-34)31-46)40-21-11-13-23-44(40)48(35-14-4-1-5-15-35,36-16-6-2-7-17-36)37-18-8-3-9-19-37/h1-29H. The second-order valence-corrected chi connectivity index (χ2v) is 15.7. The molecule has 1 heterocycles. The van der Waals surface area contributed by atoms with Crippen LogP contribution in [0, 0.1) is 22.7 Å². The lowest BCUT2D eigenvalue weighted by atomic mass is 9.99. The van der Waals surface area contributed by atoms with E-state index < -0.39 is 8.07 Å². The van der Waals surface area contributed by atoms with Crippen molar-refractivity contribution < 1.29 is 0 Å². The third-order valence-electron chi connectivity index (χ3n) is 9.43. The molecular weight excluding hydrogens is 599 g/mol. The van der Waals surface area contributed by atoms with E-state index in [4.69, 9.17) is 0 Å². The summed E-state index contributed by atoms with van der Waals surface area (Å²) in [5, 5.41) is 27.5. The normalized spacial score (nSPS) is 11.3. The van der Waals surface area contributed by atoms with Gasteiger partial charge in [0, 0.05) is 16.5 Å². The molecule has 0 aliphatic carbocycles. The Balaban J connectivity index is 1.40. The number of nitrogens with zero attached hydrogens (tertiary/aromatic N) is 3. The van der Waals surface area contributed by atoms with E-state index in [0.717, 1.165) is 38.6 Å². The smallest absolute Gasteiger partial charge is 0.180 e. The Kier molecular flexibility index (Phi) is 7.27. The van der Waals surface area contributed by atoms with Crippen LogP contribution < -0.4 is 20.7 Å². The molecule has 0 saturated heterocycles. The molecule has 48 heavy (non-hydrogen) atoms. The molecule has 0 aliphatic rings. The zero-order chi connectivity index (χ0) is 32.5. The second kappa shape index (κ2) is 12.0. The first-order valence-electron chi connectivity index (χ1n) is 16.0. The van der Waals surface area contributed by atoms with E-state index in [0.29, 0.717) is 11.1 Å². The van der Waals surface area contributed by atoms with Gasteiger partial charge in [-0.05, 0) is 68.3 Å². The average Bonchev–Trinajstić information content (AvgIpc) is 3.50. The fourth-order valence-corrected chi connectivity index (χ4v) is 12.4. The number of para-hydroxylation sites is 1. The third kappa shape index (κ3) is 4.55. The number of aromatic nitrogens is 1. The fourth-order valence-electron chi connectivity index (χ4n) is 7.40. The summed E-state index contributed by atoms with van der Waals surface area (Å²) in [5.74, 6) is 0. The summed E-state index contributed by atoms with van der Waals surface area (Å²) in [5.41, 5.74) is 6.13. The lowest BCUT2D eigenvalue weighted by Crippen LogP contribution is -2.75. The lowest BCUT2D eigenvalue weighted by molar-refractivity contribution is 1.18. The summed E-state index contributed by atoms with van der Waals surface area (Å²) >= 11 is 0. The number of benzene rings is 7. The van der Waals surface area contributed by atoms with Crippen LogP contribution in [0.15, 0.2) is 176 Å². The highest BCUT2D eigenvalue weighted by molar-refractivity contribution is 7.20. The van der Waals surface area contributed by atoms with Crippen LogP contribution in [0.1, 0.15) is 11.1 Å². The summed E-state index contributed by atoms with van der Waals surface area (Å²) < 4.78 is 2.19. The minimum Gasteiger partial charge on any atom is -0.309 e. The van der Waals surface area contributed by atoms with E-state index in [9.17, 15) is 10.5 Å². The van der Waals surface area contributed by atoms with Crippen molar-refractivity contribution in [2.75, 3.05) is 0 Å². The van der Waals surface area contributed by atoms with Gasteiger partial charge in [0.2, 0.25) is 0 Å². The molecule has 0 aliphatic heterocycles. The van der Waals surface area contributed by atoms with Gasteiger partial charge < -0.3 is 4.57 Å². The Morgan fingerprint density at radius 3 is 1.62 bits per heavy atom. The van der Waals surface area contributed by atoms with Crippen LogP contribution in [-0.2, 0) is 0 Å². The van der Waals surface area contributed by atoms with Gasteiger partial charge in [-0.2, -0.15) is 10.5 Å². The summed E-state index contributed by atoms with van der Waals surface area (Å²) in [6, 6.07) is 66.4. The molecule has 0 amide bonds. The van der Waals surface area contributed by atoms with Crippen molar-refractivity contribution in [1.29, 1.82) is 10.5 Å². The van der Waals surface area contributed by atoms with Crippen LogP contribution in [-0.4, -0.2) is 12.6 Å². The molecule has 4 heteroatoms. The molecule has 0 unspecified atom stereocenters. The topological polar surface area (TPSA) is 52.5 Å². The molecule has 0 spiro atoms. The predicted octanol–water partition coefficient (Wildman–Crippen LogP) is 7.57. The highest BCUT2D eigenvalue weighted by Gasteiger charge is 2.43. The second-order valence-electron chi connectivity index (χ2n) is 11.9. The molecule has 224 valence electrons. The largest absolute Gasteiger partial charge is 0.309 e. The van der Waals surface area contributed by atoms with Gasteiger partial charge in [-0.25, -0.2) is 0 Å². The summed E-state index contributed by atoms with van der Waals surface area (Å²) in [7, 11) is -2.85. The Labute approximate surface area is 280 Å². The van der Waals surface area contributed by atoms with Gasteiger partial charge >= 0.3 is 0 Å². The van der Waals surface area contributed by atoms with Crippen molar-refractivity contribution in [3.8, 4) is 29.0 Å². The molecule has 0 bridgehead atoms. The molecule has 0 radical (unpaired) electrons. The minimum atomic E-state index is -2.85. The number of nitriles is 2. The maximum absolute atomic E-state index is 10.8. The zero-order valence-corrected chi connectivity index (χ0v) is 27.1. The first kappa shape index (κ1) is 29.0. The van der Waals surface area contributed by atoms with E-state index in [1.165, 1.54) is 20.7 Å². The number of hydrogen-bond acceptors (Lipinski definition) is 2. The van der Waals surface area contributed by atoms with Gasteiger partial charge in [0.25, 0.3) is 0 Å². The van der Waals surface area contributed by atoms with Crippen molar-refractivity contribution >= 4 is 50.6 Å². The number of rotatable bonds is 6. The van der Waals surface area contributed by atoms with E-state index >= 15 is 0 Å². The highest BCUT2D eigenvalue weighted by Crippen LogP contribution is 2.34.